The molecule has 2 aliphatic heterocycles. The van der Waals surface area contributed by atoms with E-state index in [0.717, 1.165) is 37.0 Å². The van der Waals surface area contributed by atoms with Crippen LogP contribution in [0.4, 0.5) is 0 Å². The summed E-state index contributed by atoms with van der Waals surface area (Å²) >= 11 is 5.57. The van der Waals surface area contributed by atoms with Crippen LogP contribution in [-0.4, -0.2) is 51.7 Å². The van der Waals surface area contributed by atoms with Gasteiger partial charge in [-0.05, 0) is 31.3 Å². The van der Waals surface area contributed by atoms with Gasteiger partial charge in [0.05, 0.1) is 19.4 Å². The van der Waals surface area contributed by atoms with Gasteiger partial charge in [-0.15, -0.1) is 0 Å². The van der Waals surface area contributed by atoms with Crippen LogP contribution in [0.2, 0.25) is 0 Å². The molecule has 7 nitrogen and oxygen atoms in total. The molecule has 2 aromatic rings. The lowest BCUT2D eigenvalue weighted by molar-refractivity contribution is -0.0308. The third-order valence-electron chi connectivity index (χ3n) is 4.53. The number of rotatable bonds is 3. The van der Waals surface area contributed by atoms with Crippen LogP contribution in [0.1, 0.15) is 18.9 Å². The van der Waals surface area contributed by atoms with Gasteiger partial charge in [0.2, 0.25) is 0 Å². The number of nitrogens with zero attached hydrogens (tertiary/aromatic N) is 4. The quantitative estimate of drug-likeness (QED) is 0.780. The molecule has 4 rings (SSSR count). The normalized spacial score (nSPS) is 23.6. The molecule has 1 saturated heterocycles. The van der Waals surface area contributed by atoms with Gasteiger partial charge in [0, 0.05) is 20.1 Å². The maximum Gasteiger partial charge on any atom is 0.198 e. The Morgan fingerprint density at radius 2 is 2.08 bits per heavy atom. The van der Waals surface area contributed by atoms with Gasteiger partial charge in [-0.3, -0.25) is 4.90 Å². The number of ether oxygens (including phenoxy) is 3. The zero-order chi connectivity index (χ0) is 17.4. The topological polar surface area (TPSA) is 53.7 Å². The fourth-order valence-electron chi connectivity index (χ4n) is 3.23. The zero-order valence-electron chi connectivity index (χ0n) is 14.4. The van der Waals surface area contributed by atoms with Crippen molar-refractivity contribution in [2.45, 2.75) is 25.8 Å². The second-order valence-electron chi connectivity index (χ2n) is 6.46. The van der Waals surface area contributed by atoms with Gasteiger partial charge in [-0.25, -0.2) is 4.68 Å². The van der Waals surface area contributed by atoms with Gasteiger partial charge >= 0.3 is 0 Å². The number of hydrogen-bond acceptors (Lipinski definition) is 6. The molecule has 1 fully saturated rings. The number of fused-ring (bicyclic) bond motifs is 1. The summed E-state index contributed by atoms with van der Waals surface area (Å²) in [5.74, 6) is 2.28. The van der Waals surface area contributed by atoms with Crippen LogP contribution in [0.3, 0.4) is 0 Å². The van der Waals surface area contributed by atoms with Crippen LogP contribution in [0, 0.1) is 4.77 Å². The number of morpholine rings is 1. The molecular weight excluding hydrogens is 340 g/mol. The van der Waals surface area contributed by atoms with Gasteiger partial charge in [-0.1, -0.05) is 12.1 Å². The maximum absolute atomic E-state index is 6.07. The largest absolute Gasteiger partial charge is 0.485 e. The number of hydrogen-bond donors (Lipinski definition) is 0. The summed E-state index contributed by atoms with van der Waals surface area (Å²) < 4.78 is 21.9. The highest BCUT2D eigenvalue weighted by atomic mass is 32.1. The predicted molar refractivity (Wildman–Crippen MR) is 94.3 cm³/mol. The average molecular weight is 362 g/mol. The number of benzene rings is 1. The molecule has 8 heteroatoms. The molecule has 0 aliphatic carbocycles. The van der Waals surface area contributed by atoms with Crippen molar-refractivity contribution in [1.82, 2.24) is 19.2 Å². The van der Waals surface area contributed by atoms with Crippen molar-refractivity contribution >= 4 is 12.2 Å². The van der Waals surface area contributed by atoms with E-state index in [1.54, 1.807) is 0 Å². The summed E-state index contributed by atoms with van der Waals surface area (Å²) in [4.78, 5) is 2.30. The van der Waals surface area contributed by atoms with E-state index in [1.165, 1.54) is 0 Å². The van der Waals surface area contributed by atoms with Crippen LogP contribution >= 0.6 is 12.2 Å². The second kappa shape index (κ2) is 6.78. The van der Waals surface area contributed by atoms with E-state index in [4.69, 9.17) is 31.5 Å². The van der Waals surface area contributed by atoms with Crippen LogP contribution in [0.5, 0.6) is 11.5 Å². The van der Waals surface area contributed by atoms with E-state index in [2.05, 4.69) is 11.8 Å². The van der Waals surface area contributed by atoms with E-state index < -0.39 is 0 Å². The third-order valence-corrected chi connectivity index (χ3v) is 5.01. The smallest absolute Gasteiger partial charge is 0.198 e. The first-order chi connectivity index (χ1) is 12.1. The average Bonchev–Trinajstić information content (AvgIpc) is 2.90. The fraction of sp³-hybridized carbons (Fsp3) is 0.529. The predicted octanol–water partition coefficient (Wildman–Crippen LogP) is 2.14. The number of para-hydroxylation sites is 2. The van der Waals surface area contributed by atoms with E-state index in [9.17, 15) is 0 Å². The first kappa shape index (κ1) is 16.6. The van der Waals surface area contributed by atoms with Gasteiger partial charge in [0.1, 0.15) is 6.61 Å². The molecule has 0 unspecified atom stereocenters. The van der Waals surface area contributed by atoms with Crippen LogP contribution in [-0.2, 0) is 18.5 Å². The minimum Gasteiger partial charge on any atom is -0.485 e. The first-order valence-corrected chi connectivity index (χ1v) is 8.89. The summed E-state index contributed by atoms with van der Waals surface area (Å²) in [6.45, 7) is 5.67. The molecule has 1 aromatic heterocycles. The lowest BCUT2D eigenvalue weighted by Gasteiger charge is -2.30. The lowest BCUT2D eigenvalue weighted by atomic mass is 10.2. The van der Waals surface area contributed by atoms with Crippen LogP contribution in [0.15, 0.2) is 24.3 Å². The van der Waals surface area contributed by atoms with Crippen molar-refractivity contribution < 1.29 is 14.2 Å². The molecular formula is C17H22N4O3S. The Kier molecular flexibility index (Phi) is 4.49. The number of aromatic nitrogens is 3. The van der Waals surface area contributed by atoms with Gasteiger partial charge in [-0.2, -0.15) is 5.10 Å². The van der Waals surface area contributed by atoms with Gasteiger partial charge in [0.25, 0.3) is 0 Å². The minimum absolute atomic E-state index is 0.234. The molecule has 134 valence electrons. The molecule has 0 saturated carbocycles. The highest BCUT2D eigenvalue weighted by molar-refractivity contribution is 7.71. The summed E-state index contributed by atoms with van der Waals surface area (Å²) in [5.41, 5.74) is 0. The van der Waals surface area contributed by atoms with Crippen LogP contribution in [0.25, 0.3) is 0 Å². The minimum atomic E-state index is -0.272. The highest BCUT2D eigenvalue weighted by Crippen LogP contribution is 2.35. The maximum atomic E-state index is 6.07. The summed E-state index contributed by atoms with van der Waals surface area (Å²) in [7, 11) is 1.92. The molecule has 0 N–H and O–H groups in total. The van der Waals surface area contributed by atoms with E-state index in [0.29, 0.717) is 18.0 Å². The zero-order valence-corrected chi connectivity index (χ0v) is 15.2. The SMILES string of the molecule is C[C@H]1CN(Cn2nc([C@H]3COc4ccccc4O3)n(C)c2=S)CCO1. The highest BCUT2D eigenvalue weighted by Gasteiger charge is 2.27. The Balaban J connectivity index is 1.54. The molecule has 2 aliphatic rings. The standard InChI is InChI=1S/C17H22N4O3S/c1-12-9-20(7-8-22-12)11-21-17(25)19(2)16(18-21)15-10-23-13-5-3-4-6-14(13)24-15/h3-6,12,15H,7-11H2,1-2H3/t12-,15+/m0/s1. The Morgan fingerprint density at radius 1 is 1.28 bits per heavy atom. The summed E-state index contributed by atoms with van der Waals surface area (Å²) in [5, 5.41) is 4.71. The van der Waals surface area contributed by atoms with Gasteiger partial charge in [0.15, 0.2) is 28.2 Å². The van der Waals surface area contributed by atoms with E-state index in [1.807, 2.05) is 40.6 Å². The molecule has 1 aromatic carbocycles. The Labute approximate surface area is 151 Å². The molecule has 0 spiro atoms. The van der Waals surface area contributed by atoms with Crippen molar-refractivity contribution in [2.75, 3.05) is 26.3 Å². The Morgan fingerprint density at radius 3 is 2.88 bits per heavy atom. The Hall–Kier alpha value is -1.90. The van der Waals surface area contributed by atoms with Crippen molar-refractivity contribution in [1.29, 1.82) is 0 Å². The molecule has 25 heavy (non-hydrogen) atoms. The van der Waals surface area contributed by atoms with Gasteiger partial charge < -0.3 is 18.8 Å². The van der Waals surface area contributed by atoms with Crippen LogP contribution < -0.4 is 9.47 Å². The van der Waals surface area contributed by atoms with E-state index >= 15 is 0 Å². The summed E-state index contributed by atoms with van der Waals surface area (Å²) in [6, 6.07) is 7.67. The summed E-state index contributed by atoms with van der Waals surface area (Å²) in [6.07, 6.45) is -0.0378. The third kappa shape index (κ3) is 3.29. The molecule has 0 radical (unpaired) electrons. The van der Waals surface area contributed by atoms with Crippen molar-refractivity contribution in [2.24, 2.45) is 7.05 Å². The van der Waals surface area contributed by atoms with E-state index in [-0.39, 0.29) is 12.2 Å². The monoisotopic (exact) mass is 362 g/mol. The molecule has 2 atom stereocenters. The molecule has 3 heterocycles. The lowest BCUT2D eigenvalue weighted by Crippen LogP contribution is -2.42. The fourth-order valence-corrected chi connectivity index (χ4v) is 3.42. The second-order valence-corrected chi connectivity index (χ2v) is 6.83. The van der Waals surface area contributed by atoms with Crippen molar-refractivity contribution in [3.63, 3.8) is 0 Å². The first-order valence-electron chi connectivity index (χ1n) is 8.48. The molecule has 0 amide bonds. The van der Waals surface area contributed by atoms with Crippen molar-refractivity contribution in [3.8, 4) is 11.5 Å². The van der Waals surface area contributed by atoms with Crippen molar-refractivity contribution in [3.05, 3.63) is 34.9 Å². The Bertz CT molecular complexity index is 818. The molecule has 0 bridgehead atoms.